The number of likely N-dealkylation sites (tertiary alicyclic amines) is 1. The Labute approximate surface area is 132 Å². The Morgan fingerprint density at radius 1 is 1.26 bits per heavy atom. The van der Waals surface area contributed by atoms with Gasteiger partial charge in [0.2, 0.25) is 11.6 Å². The number of amides is 2. The number of nitrogens with zero attached hydrogens (tertiary/aromatic N) is 2. The Hall–Kier alpha value is -2.44. The van der Waals surface area contributed by atoms with Gasteiger partial charge in [0.25, 0.3) is 5.91 Å². The minimum atomic E-state index is -2.36. The number of hydrogen-bond acceptors (Lipinski definition) is 3. The Morgan fingerprint density at radius 2 is 2.00 bits per heavy atom. The minimum absolute atomic E-state index is 0.0500. The molecule has 122 valence electrons. The maximum absolute atomic E-state index is 14.1. The fourth-order valence-electron chi connectivity index (χ4n) is 3.17. The SMILES string of the molecule is CC(=O)N1CCc2cc(C(=O)N3CCC(F)(C(=O)O)C3)ccc21. The van der Waals surface area contributed by atoms with Crippen LogP contribution in [0.5, 0.6) is 0 Å². The number of halogens is 1. The number of carboxylic acid groups (broad SMARTS) is 1. The first-order chi connectivity index (χ1) is 10.8. The summed E-state index contributed by atoms with van der Waals surface area (Å²) in [6.07, 6.45) is 0.468. The first-order valence-electron chi connectivity index (χ1n) is 7.44. The average Bonchev–Trinajstić information content (AvgIpc) is 3.10. The highest BCUT2D eigenvalue weighted by molar-refractivity contribution is 5.98. The molecular weight excluding hydrogens is 303 g/mol. The Morgan fingerprint density at radius 3 is 2.61 bits per heavy atom. The van der Waals surface area contributed by atoms with Crippen molar-refractivity contribution in [3.05, 3.63) is 29.3 Å². The van der Waals surface area contributed by atoms with E-state index in [4.69, 9.17) is 5.11 Å². The highest BCUT2D eigenvalue weighted by atomic mass is 19.1. The van der Waals surface area contributed by atoms with E-state index in [1.54, 1.807) is 23.1 Å². The lowest BCUT2D eigenvalue weighted by atomic mass is 10.1. The number of carbonyl (C=O) groups is 3. The summed E-state index contributed by atoms with van der Waals surface area (Å²) in [5.41, 5.74) is -0.280. The van der Waals surface area contributed by atoms with E-state index in [1.165, 1.54) is 11.8 Å². The number of alkyl halides is 1. The molecule has 1 aromatic carbocycles. The molecule has 1 unspecified atom stereocenters. The van der Waals surface area contributed by atoms with Crippen molar-refractivity contribution in [3.63, 3.8) is 0 Å². The molecule has 3 rings (SSSR count). The number of carbonyl (C=O) groups excluding carboxylic acids is 2. The summed E-state index contributed by atoms with van der Waals surface area (Å²) in [7, 11) is 0. The van der Waals surface area contributed by atoms with E-state index >= 15 is 0 Å². The maximum Gasteiger partial charge on any atom is 0.343 e. The predicted octanol–water partition coefficient (Wildman–Crippen LogP) is 1.23. The van der Waals surface area contributed by atoms with Crippen molar-refractivity contribution in [1.29, 1.82) is 0 Å². The quantitative estimate of drug-likeness (QED) is 0.889. The lowest BCUT2D eigenvalue weighted by Crippen LogP contribution is -2.38. The smallest absolute Gasteiger partial charge is 0.343 e. The molecule has 6 nitrogen and oxygen atoms in total. The molecule has 1 N–H and O–H groups in total. The lowest BCUT2D eigenvalue weighted by molar-refractivity contribution is -0.149. The van der Waals surface area contributed by atoms with Crippen LogP contribution in [0.25, 0.3) is 0 Å². The zero-order valence-electron chi connectivity index (χ0n) is 12.7. The molecule has 2 amide bonds. The van der Waals surface area contributed by atoms with Gasteiger partial charge in [-0.2, -0.15) is 0 Å². The van der Waals surface area contributed by atoms with Crippen molar-refractivity contribution >= 4 is 23.5 Å². The second kappa shape index (κ2) is 5.33. The molecule has 0 bridgehead atoms. The number of aliphatic carboxylic acids is 1. The van der Waals surface area contributed by atoms with Crippen molar-refractivity contribution in [2.75, 3.05) is 24.5 Å². The Bertz CT molecular complexity index is 705. The standard InChI is InChI=1S/C16H17FN2O4/c1-10(20)19-6-4-11-8-12(2-3-13(11)19)14(21)18-7-5-16(17,9-18)15(22)23/h2-3,8H,4-7,9H2,1H3,(H,22,23). The molecule has 2 aliphatic rings. The molecule has 1 saturated heterocycles. The van der Waals surface area contributed by atoms with Crippen LogP contribution >= 0.6 is 0 Å². The topological polar surface area (TPSA) is 77.9 Å². The van der Waals surface area contributed by atoms with Crippen LogP contribution in [0, 0.1) is 0 Å². The molecule has 2 aliphatic heterocycles. The molecule has 1 aromatic rings. The molecule has 23 heavy (non-hydrogen) atoms. The van der Waals surface area contributed by atoms with Gasteiger partial charge >= 0.3 is 5.97 Å². The molecule has 2 heterocycles. The van der Waals surface area contributed by atoms with Gasteiger partial charge in [0.15, 0.2) is 0 Å². The van der Waals surface area contributed by atoms with Crippen molar-refractivity contribution in [3.8, 4) is 0 Å². The van der Waals surface area contributed by atoms with Crippen LogP contribution in [0.4, 0.5) is 10.1 Å². The van der Waals surface area contributed by atoms with Crippen LogP contribution in [0.15, 0.2) is 18.2 Å². The normalized spacial score (nSPS) is 23.0. The summed E-state index contributed by atoms with van der Waals surface area (Å²) in [6.45, 7) is 1.72. The van der Waals surface area contributed by atoms with Gasteiger partial charge in [0.1, 0.15) is 0 Å². The first kappa shape index (κ1) is 15.5. The third kappa shape index (κ3) is 2.56. The minimum Gasteiger partial charge on any atom is -0.479 e. The van der Waals surface area contributed by atoms with Gasteiger partial charge in [-0.05, 0) is 30.2 Å². The zero-order valence-corrected chi connectivity index (χ0v) is 12.7. The van der Waals surface area contributed by atoms with Crippen molar-refractivity contribution in [2.45, 2.75) is 25.4 Å². The average molecular weight is 320 g/mol. The van der Waals surface area contributed by atoms with E-state index < -0.39 is 18.2 Å². The lowest BCUT2D eigenvalue weighted by Gasteiger charge is -2.19. The summed E-state index contributed by atoms with van der Waals surface area (Å²) >= 11 is 0. The van der Waals surface area contributed by atoms with Crippen LogP contribution in [0.1, 0.15) is 29.3 Å². The van der Waals surface area contributed by atoms with Gasteiger partial charge in [-0.1, -0.05) is 0 Å². The highest BCUT2D eigenvalue weighted by Gasteiger charge is 2.47. The molecule has 0 spiro atoms. The summed E-state index contributed by atoms with van der Waals surface area (Å²) in [5.74, 6) is -1.96. The van der Waals surface area contributed by atoms with Gasteiger partial charge in [-0.25, -0.2) is 9.18 Å². The largest absolute Gasteiger partial charge is 0.479 e. The number of fused-ring (bicyclic) bond motifs is 1. The number of hydrogen-bond donors (Lipinski definition) is 1. The molecule has 1 fully saturated rings. The summed E-state index contributed by atoms with van der Waals surface area (Å²) in [5, 5.41) is 8.90. The number of benzene rings is 1. The van der Waals surface area contributed by atoms with E-state index in [2.05, 4.69) is 0 Å². The van der Waals surface area contributed by atoms with E-state index in [0.29, 0.717) is 18.5 Å². The molecular formula is C16H17FN2O4. The van der Waals surface area contributed by atoms with E-state index in [9.17, 15) is 18.8 Å². The fraction of sp³-hybridized carbons (Fsp3) is 0.438. The zero-order chi connectivity index (χ0) is 16.8. The van der Waals surface area contributed by atoms with Crippen LogP contribution in [0.3, 0.4) is 0 Å². The number of carboxylic acids is 1. The number of rotatable bonds is 2. The van der Waals surface area contributed by atoms with Gasteiger partial charge < -0.3 is 14.9 Å². The van der Waals surface area contributed by atoms with Gasteiger partial charge in [0.05, 0.1) is 6.54 Å². The molecule has 0 aliphatic carbocycles. The first-order valence-corrected chi connectivity index (χ1v) is 7.44. The molecule has 0 aromatic heterocycles. The van der Waals surface area contributed by atoms with Gasteiger partial charge in [0, 0.05) is 37.7 Å². The Kier molecular flexibility index (Phi) is 3.58. The van der Waals surface area contributed by atoms with Crippen LogP contribution in [0.2, 0.25) is 0 Å². The van der Waals surface area contributed by atoms with Crippen LogP contribution in [-0.2, 0) is 16.0 Å². The van der Waals surface area contributed by atoms with E-state index in [1.807, 2.05) is 0 Å². The number of anilines is 1. The van der Waals surface area contributed by atoms with Gasteiger partial charge in [-0.3, -0.25) is 9.59 Å². The van der Waals surface area contributed by atoms with Gasteiger partial charge in [-0.15, -0.1) is 0 Å². The maximum atomic E-state index is 14.1. The Balaban J connectivity index is 1.80. The third-order valence-corrected chi connectivity index (χ3v) is 4.49. The molecule has 7 heteroatoms. The molecule has 1 atom stereocenters. The second-order valence-corrected chi connectivity index (χ2v) is 6.01. The predicted molar refractivity (Wildman–Crippen MR) is 80.2 cm³/mol. The monoisotopic (exact) mass is 320 g/mol. The van der Waals surface area contributed by atoms with Crippen molar-refractivity contribution < 1.29 is 23.9 Å². The summed E-state index contributed by atoms with van der Waals surface area (Å²) in [4.78, 5) is 37.8. The van der Waals surface area contributed by atoms with Crippen molar-refractivity contribution in [1.82, 2.24) is 4.90 Å². The van der Waals surface area contributed by atoms with E-state index in [-0.39, 0.29) is 24.8 Å². The second-order valence-electron chi connectivity index (χ2n) is 6.01. The van der Waals surface area contributed by atoms with Crippen LogP contribution < -0.4 is 4.90 Å². The van der Waals surface area contributed by atoms with E-state index in [0.717, 1.165) is 11.3 Å². The third-order valence-electron chi connectivity index (χ3n) is 4.49. The summed E-state index contributed by atoms with van der Waals surface area (Å²) in [6, 6.07) is 5.02. The fourth-order valence-corrected chi connectivity index (χ4v) is 3.17. The molecule has 0 saturated carbocycles. The highest BCUT2D eigenvalue weighted by Crippen LogP contribution is 2.31. The summed E-state index contributed by atoms with van der Waals surface area (Å²) < 4.78 is 14.1. The van der Waals surface area contributed by atoms with Crippen molar-refractivity contribution in [2.24, 2.45) is 0 Å². The molecule has 0 radical (unpaired) electrons. The van der Waals surface area contributed by atoms with Crippen LogP contribution in [-0.4, -0.2) is 53.1 Å².